The van der Waals surface area contributed by atoms with E-state index in [-0.39, 0.29) is 17.7 Å². The number of carbonyl (C=O) groups excluding carboxylic acids is 1. The second-order valence-corrected chi connectivity index (χ2v) is 6.14. The molecule has 3 N–H and O–H groups in total. The van der Waals surface area contributed by atoms with Crippen molar-refractivity contribution in [1.82, 2.24) is 0 Å². The van der Waals surface area contributed by atoms with Gasteiger partial charge in [0.15, 0.2) is 0 Å². The molecule has 1 aliphatic rings. The number of aliphatic hydroxyl groups is 1. The van der Waals surface area contributed by atoms with Gasteiger partial charge < -0.3 is 15.7 Å². The zero-order valence-electron chi connectivity index (χ0n) is 17.1. The summed E-state index contributed by atoms with van der Waals surface area (Å²) < 4.78 is 0. The summed E-state index contributed by atoms with van der Waals surface area (Å²) in [5.41, 5.74) is 9.68. The van der Waals surface area contributed by atoms with Crippen LogP contribution in [0.4, 0.5) is 5.69 Å². The average molecular weight is 369 g/mol. The Hall–Kier alpha value is -2.59. The fourth-order valence-electron chi connectivity index (χ4n) is 3.27. The van der Waals surface area contributed by atoms with Crippen LogP contribution in [0.15, 0.2) is 49.0 Å². The maximum atomic E-state index is 11.9. The summed E-state index contributed by atoms with van der Waals surface area (Å²) in [7, 11) is 1.50. The van der Waals surface area contributed by atoms with Gasteiger partial charge in [0, 0.05) is 24.2 Å². The van der Waals surface area contributed by atoms with Crippen molar-refractivity contribution in [3.8, 4) is 11.1 Å². The molecule has 4 nitrogen and oxygen atoms in total. The summed E-state index contributed by atoms with van der Waals surface area (Å²) >= 11 is 0. The topological polar surface area (TPSA) is 66.6 Å². The number of benzene rings is 2. The van der Waals surface area contributed by atoms with Crippen molar-refractivity contribution >= 4 is 17.4 Å². The van der Waals surface area contributed by atoms with E-state index in [9.17, 15) is 9.90 Å². The van der Waals surface area contributed by atoms with Crippen molar-refractivity contribution in [1.29, 1.82) is 0 Å². The van der Waals surface area contributed by atoms with E-state index in [2.05, 4.69) is 31.4 Å². The number of aliphatic hydroxyl groups excluding tert-OH is 1. The molecule has 1 amide bonds. The summed E-state index contributed by atoms with van der Waals surface area (Å²) in [5.74, 6) is 0.171. The highest BCUT2D eigenvalue weighted by Crippen LogP contribution is 2.34. The summed E-state index contributed by atoms with van der Waals surface area (Å²) in [4.78, 5) is 13.8. The monoisotopic (exact) mass is 368 g/mol. The first kappa shape index (κ1) is 22.5. The van der Waals surface area contributed by atoms with Crippen LogP contribution in [0.1, 0.15) is 45.2 Å². The van der Waals surface area contributed by atoms with Crippen molar-refractivity contribution < 1.29 is 9.90 Å². The fraction of sp³-hybridized carbons (Fsp3) is 0.348. The predicted octanol–water partition coefficient (Wildman–Crippen LogP) is 5.17. The van der Waals surface area contributed by atoms with Crippen LogP contribution in [-0.4, -0.2) is 24.1 Å². The molecule has 146 valence electrons. The van der Waals surface area contributed by atoms with Crippen LogP contribution in [0.2, 0.25) is 0 Å². The lowest BCUT2D eigenvalue weighted by molar-refractivity contribution is -0.117. The number of anilines is 1. The molecule has 2 aromatic carbocycles. The smallest absolute Gasteiger partial charge is 0.224 e. The van der Waals surface area contributed by atoms with E-state index in [1.165, 1.54) is 12.6 Å². The number of hydrogen-bond donors (Lipinski definition) is 2. The van der Waals surface area contributed by atoms with Crippen molar-refractivity contribution in [2.24, 2.45) is 5.73 Å². The van der Waals surface area contributed by atoms with Gasteiger partial charge in [0.2, 0.25) is 5.91 Å². The van der Waals surface area contributed by atoms with Crippen LogP contribution in [-0.2, 0) is 11.2 Å². The van der Waals surface area contributed by atoms with E-state index in [0.29, 0.717) is 0 Å². The Balaban J connectivity index is 0.000000855. The van der Waals surface area contributed by atoms with E-state index in [1.807, 2.05) is 49.1 Å². The SMILES string of the molecule is C=C(O)c1ccc(-c2ccc3c(c2)CC[C@H](C)N3C(C)=O)cc1.CC.CN. The molecule has 0 spiro atoms. The highest BCUT2D eigenvalue weighted by molar-refractivity contribution is 5.94. The minimum atomic E-state index is 0.0769. The molecule has 0 saturated heterocycles. The standard InChI is InChI=1S/C20H21NO2.C2H6.CH5N/c1-13-4-5-19-12-18(10-11-20(19)21(13)15(3)23)17-8-6-16(7-9-17)14(2)22;2*1-2/h6-13,22H,2,4-5H2,1,3H3;1-2H3;2H2,1H3/t13-;;/m0../s1. The van der Waals surface area contributed by atoms with Crippen molar-refractivity contribution in [2.75, 3.05) is 11.9 Å². The first-order chi connectivity index (χ1) is 13.0. The lowest BCUT2D eigenvalue weighted by atomic mass is 9.93. The number of fused-ring (bicyclic) bond motifs is 1. The van der Waals surface area contributed by atoms with Gasteiger partial charge in [-0.1, -0.05) is 50.8 Å². The molecule has 0 aromatic heterocycles. The van der Waals surface area contributed by atoms with Gasteiger partial charge in [-0.05, 0) is 55.6 Å². The lowest BCUT2D eigenvalue weighted by Gasteiger charge is -2.34. The van der Waals surface area contributed by atoms with Gasteiger partial charge in [-0.3, -0.25) is 4.79 Å². The molecule has 0 fully saturated rings. The predicted molar refractivity (Wildman–Crippen MR) is 116 cm³/mol. The zero-order valence-corrected chi connectivity index (χ0v) is 17.1. The number of nitrogens with two attached hydrogens (primary N) is 1. The number of hydrogen-bond acceptors (Lipinski definition) is 3. The first-order valence-electron chi connectivity index (χ1n) is 9.46. The molecule has 2 aromatic rings. The van der Waals surface area contributed by atoms with Crippen LogP contribution in [0.5, 0.6) is 0 Å². The molecule has 3 rings (SSSR count). The lowest BCUT2D eigenvalue weighted by Crippen LogP contribution is -2.40. The molecule has 0 radical (unpaired) electrons. The van der Waals surface area contributed by atoms with Crippen LogP contribution in [0, 0.1) is 0 Å². The molecule has 1 heterocycles. The largest absolute Gasteiger partial charge is 0.508 e. The zero-order chi connectivity index (χ0) is 20.6. The molecular weight excluding hydrogens is 336 g/mol. The minimum Gasteiger partial charge on any atom is -0.508 e. The molecule has 1 aliphatic heterocycles. The van der Waals surface area contributed by atoms with Gasteiger partial charge >= 0.3 is 0 Å². The van der Waals surface area contributed by atoms with Crippen LogP contribution in [0.25, 0.3) is 16.9 Å². The van der Waals surface area contributed by atoms with Gasteiger partial charge in [-0.25, -0.2) is 0 Å². The third-order valence-electron chi connectivity index (χ3n) is 4.50. The molecule has 0 unspecified atom stereocenters. The third kappa shape index (κ3) is 5.20. The van der Waals surface area contributed by atoms with Crippen molar-refractivity contribution in [3.05, 3.63) is 60.2 Å². The summed E-state index contributed by atoms with van der Waals surface area (Å²) in [6, 6.07) is 14.2. The van der Waals surface area contributed by atoms with E-state index in [4.69, 9.17) is 0 Å². The van der Waals surface area contributed by atoms with Crippen molar-refractivity contribution in [2.45, 2.75) is 46.6 Å². The molecule has 0 bridgehead atoms. The van der Waals surface area contributed by atoms with Gasteiger partial charge in [0.1, 0.15) is 5.76 Å². The Bertz CT molecular complexity index is 766. The van der Waals surface area contributed by atoms with Crippen LogP contribution < -0.4 is 10.6 Å². The minimum absolute atomic E-state index is 0.0769. The number of carbonyl (C=O) groups is 1. The Labute approximate surface area is 163 Å². The molecule has 0 saturated carbocycles. The summed E-state index contributed by atoms with van der Waals surface area (Å²) in [6.45, 7) is 11.3. The highest BCUT2D eigenvalue weighted by atomic mass is 16.3. The second-order valence-electron chi connectivity index (χ2n) is 6.14. The van der Waals surface area contributed by atoms with E-state index >= 15 is 0 Å². The Morgan fingerprint density at radius 1 is 1.11 bits per heavy atom. The summed E-state index contributed by atoms with van der Waals surface area (Å²) in [6.07, 6.45) is 1.97. The fourth-order valence-corrected chi connectivity index (χ4v) is 3.27. The molecule has 0 aliphatic carbocycles. The van der Waals surface area contributed by atoms with E-state index in [1.54, 1.807) is 6.92 Å². The molecular formula is C23H32N2O2. The molecule has 1 atom stereocenters. The molecule has 4 heteroatoms. The summed E-state index contributed by atoms with van der Waals surface area (Å²) in [5, 5.41) is 9.42. The normalized spacial score (nSPS) is 14.7. The van der Waals surface area contributed by atoms with Crippen LogP contribution in [0.3, 0.4) is 0 Å². The van der Waals surface area contributed by atoms with Gasteiger partial charge in [0.25, 0.3) is 0 Å². The van der Waals surface area contributed by atoms with Gasteiger partial charge in [0.05, 0.1) is 0 Å². The number of amides is 1. The number of aryl methyl sites for hydroxylation is 1. The second kappa shape index (κ2) is 10.5. The van der Waals surface area contributed by atoms with E-state index in [0.717, 1.165) is 35.2 Å². The maximum Gasteiger partial charge on any atom is 0.224 e. The Kier molecular flexibility index (Phi) is 8.76. The van der Waals surface area contributed by atoms with Gasteiger partial charge in [-0.15, -0.1) is 0 Å². The van der Waals surface area contributed by atoms with Crippen LogP contribution >= 0.6 is 0 Å². The Morgan fingerprint density at radius 3 is 2.19 bits per heavy atom. The number of rotatable bonds is 2. The average Bonchev–Trinajstić information content (AvgIpc) is 2.70. The van der Waals surface area contributed by atoms with Gasteiger partial charge in [-0.2, -0.15) is 0 Å². The van der Waals surface area contributed by atoms with E-state index < -0.39 is 0 Å². The number of nitrogens with zero attached hydrogens (tertiary/aromatic N) is 1. The first-order valence-corrected chi connectivity index (χ1v) is 9.46. The maximum absolute atomic E-state index is 11.9. The highest BCUT2D eigenvalue weighted by Gasteiger charge is 2.26. The molecule has 27 heavy (non-hydrogen) atoms. The third-order valence-corrected chi connectivity index (χ3v) is 4.50. The quantitative estimate of drug-likeness (QED) is 0.719. The Morgan fingerprint density at radius 2 is 1.67 bits per heavy atom. The van der Waals surface area contributed by atoms with Crippen molar-refractivity contribution in [3.63, 3.8) is 0 Å².